The average molecular weight is 304 g/mol. The van der Waals surface area contributed by atoms with Crippen LogP contribution in [-0.4, -0.2) is 38.2 Å². The molecule has 1 unspecified atom stereocenters. The van der Waals surface area contributed by atoms with E-state index in [1.807, 2.05) is 11.6 Å². The van der Waals surface area contributed by atoms with Crippen LogP contribution in [0.25, 0.3) is 0 Å². The first-order chi connectivity index (χ1) is 10.6. The molecule has 1 aliphatic heterocycles. The van der Waals surface area contributed by atoms with Crippen LogP contribution in [0, 0.1) is 5.41 Å². The molecule has 0 aromatic carbocycles. The SMILES string of the molecule is Cn1cnnc1CCC1CCCN1C(=O)C1(C)CCCCC1. The van der Waals surface area contributed by atoms with Crippen LogP contribution in [0.4, 0.5) is 0 Å². The Bertz CT molecular complexity index is 518. The van der Waals surface area contributed by atoms with Crippen LogP contribution >= 0.6 is 0 Å². The Morgan fingerprint density at radius 1 is 1.32 bits per heavy atom. The number of carbonyl (C=O) groups is 1. The predicted octanol–water partition coefficient (Wildman–Crippen LogP) is 2.71. The van der Waals surface area contributed by atoms with Gasteiger partial charge in [0.25, 0.3) is 0 Å². The smallest absolute Gasteiger partial charge is 0.228 e. The molecule has 5 heteroatoms. The summed E-state index contributed by atoms with van der Waals surface area (Å²) in [5, 5.41) is 8.10. The Labute approximate surface area is 133 Å². The van der Waals surface area contributed by atoms with Crippen molar-refractivity contribution in [3.05, 3.63) is 12.2 Å². The van der Waals surface area contributed by atoms with Gasteiger partial charge < -0.3 is 9.47 Å². The molecule has 0 bridgehead atoms. The molecule has 1 aromatic rings. The fraction of sp³-hybridized carbons (Fsp3) is 0.824. The van der Waals surface area contributed by atoms with E-state index in [-0.39, 0.29) is 5.41 Å². The van der Waals surface area contributed by atoms with Crippen LogP contribution in [0.1, 0.15) is 64.1 Å². The monoisotopic (exact) mass is 304 g/mol. The zero-order valence-corrected chi connectivity index (χ0v) is 13.9. The van der Waals surface area contributed by atoms with Gasteiger partial charge in [-0.2, -0.15) is 0 Å². The number of nitrogens with zero attached hydrogens (tertiary/aromatic N) is 4. The molecule has 1 atom stereocenters. The second-order valence-corrected chi connectivity index (χ2v) is 7.31. The third kappa shape index (κ3) is 3.03. The number of aryl methyl sites for hydroxylation is 2. The van der Waals surface area contributed by atoms with Gasteiger partial charge in [-0.15, -0.1) is 10.2 Å². The molecule has 2 heterocycles. The Balaban J connectivity index is 1.62. The highest BCUT2D eigenvalue weighted by Gasteiger charge is 2.41. The van der Waals surface area contributed by atoms with Crippen LogP contribution in [0.5, 0.6) is 0 Å². The molecule has 1 amide bonds. The minimum absolute atomic E-state index is 0.106. The molecule has 1 aromatic heterocycles. The number of hydrogen-bond acceptors (Lipinski definition) is 3. The largest absolute Gasteiger partial charge is 0.339 e. The van der Waals surface area contributed by atoms with Crippen molar-refractivity contribution in [2.75, 3.05) is 6.54 Å². The Kier molecular flexibility index (Phi) is 4.50. The van der Waals surface area contributed by atoms with Gasteiger partial charge in [0, 0.05) is 31.5 Å². The standard InChI is InChI=1S/C17H28N4O/c1-17(10-4-3-5-11-17)16(22)21-12-6-7-14(21)8-9-15-19-18-13-20(15)2/h13-14H,3-12H2,1-2H3. The van der Waals surface area contributed by atoms with Crippen molar-refractivity contribution in [3.8, 4) is 0 Å². The molecule has 3 rings (SSSR count). The summed E-state index contributed by atoms with van der Waals surface area (Å²) in [5.74, 6) is 1.43. The lowest BCUT2D eigenvalue weighted by atomic mass is 9.74. The van der Waals surface area contributed by atoms with E-state index in [2.05, 4.69) is 22.0 Å². The van der Waals surface area contributed by atoms with Crippen molar-refractivity contribution in [3.63, 3.8) is 0 Å². The Morgan fingerprint density at radius 3 is 2.77 bits per heavy atom. The zero-order chi connectivity index (χ0) is 15.6. The van der Waals surface area contributed by atoms with Crippen LogP contribution in [0.15, 0.2) is 6.33 Å². The lowest BCUT2D eigenvalue weighted by molar-refractivity contribution is -0.144. The van der Waals surface area contributed by atoms with Crippen LogP contribution in [0.3, 0.4) is 0 Å². The number of likely N-dealkylation sites (tertiary alicyclic amines) is 1. The van der Waals surface area contributed by atoms with Gasteiger partial charge in [-0.1, -0.05) is 26.2 Å². The minimum atomic E-state index is -0.106. The van der Waals surface area contributed by atoms with Crippen molar-refractivity contribution in [2.24, 2.45) is 12.5 Å². The van der Waals surface area contributed by atoms with E-state index in [0.29, 0.717) is 11.9 Å². The van der Waals surface area contributed by atoms with Gasteiger partial charge >= 0.3 is 0 Å². The second kappa shape index (κ2) is 6.39. The van der Waals surface area contributed by atoms with Gasteiger partial charge in [0.05, 0.1) is 0 Å². The number of aromatic nitrogens is 3. The number of rotatable bonds is 4. The van der Waals surface area contributed by atoms with Gasteiger partial charge in [0.2, 0.25) is 5.91 Å². The summed E-state index contributed by atoms with van der Waals surface area (Å²) in [4.78, 5) is 15.2. The van der Waals surface area contributed by atoms with Gasteiger partial charge in [-0.25, -0.2) is 0 Å². The number of hydrogen-bond donors (Lipinski definition) is 0. The molecule has 5 nitrogen and oxygen atoms in total. The highest BCUT2D eigenvalue weighted by atomic mass is 16.2. The first kappa shape index (κ1) is 15.5. The van der Waals surface area contributed by atoms with Crippen molar-refractivity contribution in [1.29, 1.82) is 0 Å². The summed E-state index contributed by atoms with van der Waals surface area (Å²) < 4.78 is 1.98. The van der Waals surface area contributed by atoms with Crippen LogP contribution < -0.4 is 0 Å². The van der Waals surface area contributed by atoms with Gasteiger partial charge in [-0.05, 0) is 32.1 Å². The van der Waals surface area contributed by atoms with Crippen molar-refractivity contribution < 1.29 is 4.79 Å². The molecule has 2 aliphatic rings. The van der Waals surface area contributed by atoms with E-state index in [9.17, 15) is 4.79 Å². The van der Waals surface area contributed by atoms with Crippen molar-refractivity contribution in [2.45, 2.75) is 70.8 Å². The molecular formula is C17H28N4O. The van der Waals surface area contributed by atoms with Gasteiger partial charge in [-0.3, -0.25) is 4.79 Å². The van der Waals surface area contributed by atoms with E-state index in [4.69, 9.17) is 0 Å². The normalized spacial score (nSPS) is 24.6. The van der Waals surface area contributed by atoms with E-state index in [1.54, 1.807) is 6.33 Å². The molecule has 1 saturated carbocycles. The maximum Gasteiger partial charge on any atom is 0.228 e. The highest BCUT2D eigenvalue weighted by Crippen LogP contribution is 2.39. The summed E-state index contributed by atoms with van der Waals surface area (Å²) in [6.45, 7) is 3.13. The molecular weight excluding hydrogens is 276 g/mol. The molecule has 0 N–H and O–H groups in total. The molecule has 1 aliphatic carbocycles. The molecule has 0 spiro atoms. The van der Waals surface area contributed by atoms with Gasteiger partial charge in [0.15, 0.2) is 0 Å². The summed E-state index contributed by atoms with van der Waals surface area (Å²) in [5.41, 5.74) is -0.106. The third-order valence-corrected chi connectivity index (χ3v) is 5.62. The lowest BCUT2D eigenvalue weighted by Gasteiger charge is -2.38. The van der Waals surface area contributed by atoms with E-state index < -0.39 is 0 Å². The molecule has 22 heavy (non-hydrogen) atoms. The molecule has 0 radical (unpaired) electrons. The minimum Gasteiger partial charge on any atom is -0.339 e. The zero-order valence-electron chi connectivity index (χ0n) is 13.9. The van der Waals surface area contributed by atoms with Crippen LogP contribution in [-0.2, 0) is 18.3 Å². The molecule has 2 fully saturated rings. The predicted molar refractivity (Wildman–Crippen MR) is 85.3 cm³/mol. The maximum absolute atomic E-state index is 13.1. The number of amides is 1. The van der Waals surface area contributed by atoms with E-state index in [0.717, 1.165) is 50.9 Å². The average Bonchev–Trinajstić information content (AvgIpc) is 3.14. The quantitative estimate of drug-likeness (QED) is 0.859. The van der Waals surface area contributed by atoms with Crippen molar-refractivity contribution >= 4 is 5.91 Å². The topological polar surface area (TPSA) is 51.0 Å². The summed E-state index contributed by atoms with van der Waals surface area (Å²) in [6, 6.07) is 0.392. The van der Waals surface area contributed by atoms with Gasteiger partial charge in [0.1, 0.15) is 12.2 Å². The first-order valence-electron chi connectivity index (χ1n) is 8.74. The highest BCUT2D eigenvalue weighted by molar-refractivity contribution is 5.83. The van der Waals surface area contributed by atoms with E-state index in [1.165, 1.54) is 19.3 Å². The summed E-state index contributed by atoms with van der Waals surface area (Å²) in [6.07, 6.45) is 11.8. The second-order valence-electron chi connectivity index (χ2n) is 7.31. The van der Waals surface area contributed by atoms with Crippen molar-refractivity contribution in [1.82, 2.24) is 19.7 Å². The maximum atomic E-state index is 13.1. The fourth-order valence-electron chi connectivity index (χ4n) is 4.13. The molecule has 122 valence electrons. The first-order valence-corrected chi connectivity index (χ1v) is 8.74. The fourth-order valence-corrected chi connectivity index (χ4v) is 4.13. The third-order valence-electron chi connectivity index (χ3n) is 5.62. The van der Waals surface area contributed by atoms with Crippen LogP contribution in [0.2, 0.25) is 0 Å². The van der Waals surface area contributed by atoms with E-state index >= 15 is 0 Å². The Hall–Kier alpha value is -1.39. The number of carbonyl (C=O) groups excluding carboxylic acids is 1. The summed E-state index contributed by atoms with van der Waals surface area (Å²) in [7, 11) is 1.98. The molecule has 1 saturated heterocycles. The lowest BCUT2D eigenvalue weighted by Crippen LogP contribution is -2.45. The Morgan fingerprint density at radius 2 is 2.09 bits per heavy atom. The summed E-state index contributed by atoms with van der Waals surface area (Å²) >= 11 is 0.